The van der Waals surface area contributed by atoms with Gasteiger partial charge < -0.3 is 9.84 Å². The average Bonchev–Trinajstić information content (AvgIpc) is 3.15. The average molecular weight is 279 g/mol. The van der Waals surface area contributed by atoms with Crippen LogP contribution in [-0.2, 0) is 14.3 Å². The van der Waals surface area contributed by atoms with Crippen molar-refractivity contribution in [3.63, 3.8) is 0 Å². The van der Waals surface area contributed by atoms with Crippen molar-refractivity contribution in [2.45, 2.75) is 19.3 Å². The molecule has 0 aromatic heterocycles. The molecule has 20 heavy (non-hydrogen) atoms. The molecule has 0 heterocycles. The molecule has 0 bridgehead atoms. The van der Waals surface area contributed by atoms with Crippen LogP contribution in [-0.4, -0.2) is 28.6 Å². The van der Waals surface area contributed by atoms with E-state index in [0.29, 0.717) is 0 Å². The van der Waals surface area contributed by atoms with E-state index in [2.05, 4.69) is 0 Å². The summed E-state index contributed by atoms with van der Waals surface area (Å²) in [6, 6.07) is 5.85. The number of aliphatic carboxylic acids is 1. The molecule has 0 saturated heterocycles. The number of carbonyl (C=O) groups is 2. The Morgan fingerprint density at radius 2 is 2.15 bits per heavy atom. The number of ether oxygens (including phenoxy) is 1. The van der Waals surface area contributed by atoms with E-state index >= 15 is 0 Å². The molecule has 0 radical (unpaired) electrons. The van der Waals surface area contributed by atoms with E-state index in [9.17, 15) is 24.8 Å². The first kappa shape index (κ1) is 14.0. The largest absolute Gasteiger partial charge is 0.480 e. The first-order chi connectivity index (χ1) is 9.45. The van der Waals surface area contributed by atoms with Gasteiger partial charge in [0.1, 0.15) is 0 Å². The number of hydrogen-bond donors (Lipinski definition) is 1. The molecule has 0 amide bonds. The summed E-state index contributed by atoms with van der Waals surface area (Å²) >= 11 is 0. The number of rotatable bonds is 5. The molecule has 2 atom stereocenters. The Labute approximate surface area is 114 Å². The molecule has 1 aromatic carbocycles. The predicted octanol–water partition coefficient (Wildman–Crippen LogP) is 1.72. The third-order valence-corrected chi connectivity index (χ3v) is 3.49. The molecule has 1 saturated carbocycles. The smallest absolute Gasteiger partial charge is 0.324 e. The fourth-order valence-electron chi connectivity index (χ4n) is 2.40. The van der Waals surface area contributed by atoms with Crippen molar-refractivity contribution in [3.8, 4) is 0 Å². The standard InChI is InChI=1S/C13H13NO6/c1-2-20-12(17)13(11(15)16)7-9(13)8-5-3-4-6-10(8)14(18)19/h3-6,9H,2,7H2,1H3,(H,15,16). The monoisotopic (exact) mass is 279 g/mol. The Morgan fingerprint density at radius 3 is 2.70 bits per heavy atom. The second-order valence-electron chi connectivity index (χ2n) is 4.57. The predicted molar refractivity (Wildman–Crippen MR) is 67.2 cm³/mol. The minimum absolute atomic E-state index is 0.0199. The van der Waals surface area contributed by atoms with E-state index in [-0.39, 0.29) is 24.3 Å². The number of carbonyl (C=O) groups excluding carboxylic acids is 1. The van der Waals surface area contributed by atoms with Crippen LogP contribution in [0.2, 0.25) is 0 Å². The van der Waals surface area contributed by atoms with Crippen molar-refractivity contribution in [1.82, 2.24) is 0 Å². The van der Waals surface area contributed by atoms with Crippen LogP contribution in [0.1, 0.15) is 24.8 Å². The van der Waals surface area contributed by atoms with Gasteiger partial charge in [-0.3, -0.25) is 19.7 Å². The van der Waals surface area contributed by atoms with E-state index in [1.165, 1.54) is 18.2 Å². The van der Waals surface area contributed by atoms with Gasteiger partial charge in [0.15, 0.2) is 5.41 Å². The van der Waals surface area contributed by atoms with Crippen molar-refractivity contribution >= 4 is 17.6 Å². The van der Waals surface area contributed by atoms with Crippen molar-refractivity contribution in [1.29, 1.82) is 0 Å². The molecule has 1 fully saturated rings. The normalized spacial score (nSPS) is 23.9. The molecule has 2 unspecified atom stereocenters. The third-order valence-electron chi connectivity index (χ3n) is 3.49. The number of nitro benzene ring substituents is 1. The van der Waals surface area contributed by atoms with Crippen LogP contribution in [0.25, 0.3) is 0 Å². The van der Waals surface area contributed by atoms with Gasteiger partial charge in [0, 0.05) is 17.5 Å². The van der Waals surface area contributed by atoms with E-state index in [0.717, 1.165) is 0 Å². The molecule has 2 rings (SSSR count). The van der Waals surface area contributed by atoms with Crippen LogP contribution in [0.15, 0.2) is 24.3 Å². The van der Waals surface area contributed by atoms with Crippen LogP contribution >= 0.6 is 0 Å². The van der Waals surface area contributed by atoms with Gasteiger partial charge in [-0.05, 0) is 13.3 Å². The second kappa shape index (κ2) is 4.92. The highest BCUT2D eigenvalue weighted by Gasteiger charge is 2.69. The molecule has 0 spiro atoms. The van der Waals surface area contributed by atoms with Gasteiger partial charge in [0.2, 0.25) is 0 Å². The zero-order valence-corrected chi connectivity index (χ0v) is 10.7. The Bertz CT molecular complexity index is 584. The molecule has 0 aliphatic heterocycles. The van der Waals surface area contributed by atoms with Crippen LogP contribution in [0.5, 0.6) is 0 Å². The molecule has 1 aliphatic rings. The van der Waals surface area contributed by atoms with Crippen molar-refractivity contribution < 1.29 is 24.4 Å². The summed E-state index contributed by atoms with van der Waals surface area (Å²) < 4.78 is 4.79. The van der Waals surface area contributed by atoms with Gasteiger partial charge in [-0.1, -0.05) is 18.2 Å². The summed E-state index contributed by atoms with van der Waals surface area (Å²) in [5, 5.41) is 20.3. The first-order valence-electron chi connectivity index (χ1n) is 6.09. The number of esters is 1. The molecule has 7 heteroatoms. The maximum Gasteiger partial charge on any atom is 0.324 e. The number of para-hydroxylation sites is 1. The van der Waals surface area contributed by atoms with E-state index in [1.54, 1.807) is 13.0 Å². The molecule has 106 valence electrons. The van der Waals surface area contributed by atoms with Gasteiger partial charge in [-0.2, -0.15) is 0 Å². The minimum atomic E-state index is -1.69. The Balaban J connectivity index is 2.39. The maximum atomic E-state index is 11.9. The first-order valence-corrected chi connectivity index (χ1v) is 6.09. The summed E-state index contributed by atoms with van der Waals surface area (Å²) in [7, 11) is 0. The summed E-state index contributed by atoms with van der Waals surface area (Å²) in [6.45, 7) is 1.65. The Morgan fingerprint density at radius 1 is 1.50 bits per heavy atom. The number of hydrogen-bond acceptors (Lipinski definition) is 5. The quantitative estimate of drug-likeness (QED) is 0.380. The lowest BCUT2D eigenvalue weighted by molar-refractivity contribution is -0.385. The highest BCUT2D eigenvalue weighted by Crippen LogP contribution is 2.61. The van der Waals surface area contributed by atoms with Crippen LogP contribution in [0, 0.1) is 15.5 Å². The zero-order valence-electron chi connectivity index (χ0n) is 10.7. The number of carboxylic acid groups (broad SMARTS) is 1. The van der Waals surface area contributed by atoms with Gasteiger partial charge in [-0.25, -0.2) is 0 Å². The lowest BCUT2D eigenvalue weighted by atomic mass is 9.98. The summed E-state index contributed by atoms with van der Waals surface area (Å²) in [5.74, 6) is -2.87. The number of nitro groups is 1. The van der Waals surface area contributed by atoms with Gasteiger partial charge in [0.25, 0.3) is 5.69 Å². The van der Waals surface area contributed by atoms with Crippen molar-refractivity contribution in [2.75, 3.05) is 6.61 Å². The summed E-state index contributed by atoms with van der Waals surface area (Å²) in [5.41, 5.74) is -1.61. The SMILES string of the molecule is CCOC(=O)C1(C(=O)O)CC1c1ccccc1[N+](=O)[O-]. The van der Waals surface area contributed by atoms with Crippen LogP contribution in [0.3, 0.4) is 0 Å². The Hall–Kier alpha value is -2.44. The molecule has 1 N–H and O–H groups in total. The fraction of sp³-hybridized carbons (Fsp3) is 0.385. The van der Waals surface area contributed by atoms with Gasteiger partial charge in [-0.15, -0.1) is 0 Å². The topological polar surface area (TPSA) is 107 Å². The third kappa shape index (κ3) is 2.01. The molecule has 1 aliphatic carbocycles. The van der Waals surface area contributed by atoms with Gasteiger partial charge in [0.05, 0.1) is 11.5 Å². The van der Waals surface area contributed by atoms with E-state index in [4.69, 9.17) is 4.74 Å². The van der Waals surface area contributed by atoms with Gasteiger partial charge >= 0.3 is 11.9 Å². The van der Waals surface area contributed by atoms with Crippen LogP contribution in [0.4, 0.5) is 5.69 Å². The molecule has 7 nitrogen and oxygen atoms in total. The second-order valence-corrected chi connectivity index (χ2v) is 4.57. The van der Waals surface area contributed by atoms with Crippen molar-refractivity contribution in [3.05, 3.63) is 39.9 Å². The van der Waals surface area contributed by atoms with Crippen LogP contribution < -0.4 is 0 Å². The van der Waals surface area contributed by atoms with E-state index < -0.39 is 28.2 Å². The number of benzene rings is 1. The molecule has 1 aromatic rings. The Kier molecular flexibility index (Phi) is 3.44. The molecular weight excluding hydrogens is 266 g/mol. The maximum absolute atomic E-state index is 11.9. The highest BCUT2D eigenvalue weighted by molar-refractivity contribution is 6.04. The van der Waals surface area contributed by atoms with E-state index in [1.807, 2.05) is 0 Å². The number of nitrogens with zero attached hydrogens (tertiary/aromatic N) is 1. The molecular formula is C13H13NO6. The minimum Gasteiger partial charge on any atom is -0.480 e. The highest BCUT2D eigenvalue weighted by atomic mass is 16.6. The lowest BCUT2D eigenvalue weighted by Gasteiger charge is -2.11. The lowest BCUT2D eigenvalue weighted by Crippen LogP contribution is -2.29. The summed E-state index contributed by atoms with van der Waals surface area (Å²) in [6.07, 6.45) is 0.0199. The van der Waals surface area contributed by atoms with Crippen molar-refractivity contribution in [2.24, 2.45) is 5.41 Å². The summed E-state index contributed by atoms with van der Waals surface area (Å²) in [4.78, 5) is 33.6. The zero-order chi connectivity index (χ0) is 14.9. The fourth-order valence-corrected chi connectivity index (χ4v) is 2.40. The number of carboxylic acids is 1.